The van der Waals surface area contributed by atoms with Gasteiger partial charge in [0.05, 0.1) is 17.3 Å². The normalized spacial score (nSPS) is 14.8. The van der Waals surface area contributed by atoms with Crippen molar-refractivity contribution < 1.29 is 33.4 Å². The Balaban J connectivity index is 1.63. The largest absolute Gasteiger partial charge is 0.508 e. The van der Waals surface area contributed by atoms with E-state index in [0.717, 1.165) is 10.5 Å². The van der Waals surface area contributed by atoms with E-state index in [-0.39, 0.29) is 29.4 Å². The zero-order valence-corrected chi connectivity index (χ0v) is 19.8. The minimum Gasteiger partial charge on any atom is -0.508 e. The molecule has 35 heavy (non-hydrogen) atoms. The number of carbonyl (C=O) groups is 3. The summed E-state index contributed by atoms with van der Waals surface area (Å²) in [5.41, 5.74) is 1.09. The molecule has 2 N–H and O–H groups in total. The van der Waals surface area contributed by atoms with Crippen LogP contribution in [0.4, 0.5) is 14.9 Å². The number of imide groups is 2. The van der Waals surface area contributed by atoms with E-state index in [1.165, 1.54) is 49.6 Å². The summed E-state index contributed by atoms with van der Waals surface area (Å²) in [4.78, 5) is 38.6. The number of aromatic hydroxyl groups is 1. The number of amides is 4. The first-order valence-electron chi connectivity index (χ1n) is 10.2. The summed E-state index contributed by atoms with van der Waals surface area (Å²) in [5, 5.41) is 11.6. The molecular weight excluding hydrogens is 523 g/mol. The predicted molar refractivity (Wildman–Crippen MR) is 129 cm³/mol. The molecule has 1 saturated heterocycles. The second-order valence-electron chi connectivity index (χ2n) is 7.42. The number of ether oxygens (including phenoxy) is 2. The quantitative estimate of drug-likeness (QED) is 0.351. The van der Waals surface area contributed by atoms with Crippen molar-refractivity contribution in [1.82, 2.24) is 5.32 Å². The first kappa shape index (κ1) is 24.0. The molecule has 0 unspecified atom stereocenters. The van der Waals surface area contributed by atoms with Crippen LogP contribution < -0.4 is 19.7 Å². The number of rotatable bonds is 6. The number of nitrogens with one attached hydrogen (secondary N) is 1. The molecule has 0 aromatic heterocycles. The Morgan fingerprint density at radius 2 is 1.74 bits per heavy atom. The van der Waals surface area contributed by atoms with Crippen LogP contribution in [-0.4, -0.2) is 30.1 Å². The van der Waals surface area contributed by atoms with Gasteiger partial charge in [0.1, 0.15) is 23.7 Å². The summed E-state index contributed by atoms with van der Waals surface area (Å²) in [5.74, 6) is -1.36. The summed E-state index contributed by atoms with van der Waals surface area (Å²) in [6, 6.07) is 13.6. The van der Waals surface area contributed by atoms with Gasteiger partial charge in [-0.3, -0.25) is 14.9 Å². The third-order valence-electron chi connectivity index (χ3n) is 5.07. The van der Waals surface area contributed by atoms with Crippen molar-refractivity contribution in [1.29, 1.82) is 0 Å². The number of urea groups is 1. The first-order chi connectivity index (χ1) is 16.8. The van der Waals surface area contributed by atoms with Crippen molar-refractivity contribution in [2.24, 2.45) is 0 Å². The molecule has 1 aliphatic heterocycles. The second kappa shape index (κ2) is 9.98. The van der Waals surface area contributed by atoms with Crippen molar-refractivity contribution >= 4 is 45.5 Å². The number of halogens is 2. The van der Waals surface area contributed by atoms with Crippen LogP contribution in [0.3, 0.4) is 0 Å². The Bertz CT molecular complexity index is 1340. The molecule has 10 heteroatoms. The molecule has 3 aromatic carbocycles. The third kappa shape index (κ3) is 5.17. The Labute approximate surface area is 207 Å². The van der Waals surface area contributed by atoms with Gasteiger partial charge in [0, 0.05) is 0 Å². The summed E-state index contributed by atoms with van der Waals surface area (Å²) in [6.07, 6.45) is 1.33. The van der Waals surface area contributed by atoms with Gasteiger partial charge in [-0.25, -0.2) is 14.1 Å². The Kier molecular flexibility index (Phi) is 6.83. The first-order valence-corrected chi connectivity index (χ1v) is 11.0. The number of methoxy groups -OCH3 is 1. The molecule has 0 saturated carbocycles. The van der Waals surface area contributed by atoms with Gasteiger partial charge in [0.25, 0.3) is 11.8 Å². The number of hydrogen-bond donors (Lipinski definition) is 2. The molecule has 1 aliphatic rings. The molecule has 1 fully saturated rings. The zero-order chi connectivity index (χ0) is 25.1. The van der Waals surface area contributed by atoms with E-state index in [9.17, 15) is 23.9 Å². The average Bonchev–Trinajstić information content (AvgIpc) is 2.83. The fourth-order valence-electron chi connectivity index (χ4n) is 3.36. The van der Waals surface area contributed by atoms with Crippen LogP contribution in [0.25, 0.3) is 6.08 Å². The molecule has 8 nitrogen and oxygen atoms in total. The molecule has 1 heterocycles. The van der Waals surface area contributed by atoms with E-state index in [1.54, 1.807) is 24.3 Å². The average molecular weight is 541 g/mol. The highest BCUT2D eigenvalue weighted by Crippen LogP contribution is 2.38. The molecule has 0 bridgehead atoms. The van der Waals surface area contributed by atoms with Crippen molar-refractivity contribution in [3.05, 3.63) is 87.7 Å². The van der Waals surface area contributed by atoms with E-state index in [2.05, 4.69) is 21.2 Å². The van der Waals surface area contributed by atoms with Gasteiger partial charge < -0.3 is 14.6 Å². The molecule has 4 rings (SSSR count). The van der Waals surface area contributed by atoms with Crippen LogP contribution in [0.2, 0.25) is 0 Å². The minimum atomic E-state index is -0.897. The van der Waals surface area contributed by atoms with Crippen molar-refractivity contribution in [2.75, 3.05) is 12.0 Å². The fourth-order valence-corrected chi connectivity index (χ4v) is 3.93. The fraction of sp³-hybridized carbons (Fsp3) is 0.0800. The van der Waals surface area contributed by atoms with E-state index in [0.29, 0.717) is 21.5 Å². The van der Waals surface area contributed by atoms with Crippen LogP contribution in [-0.2, 0) is 16.2 Å². The molecule has 178 valence electrons. The summed E-state index contributed by atoms with van der Waals surface area (Å²) < 4.78 is 24.9. The van der Waals surface area contributed by atoms with Crippen LogP contribution in [0.1, 0.15) is 11.1 Å². The maximum Gasteiger partial charge on any atom is 0.335 e. The number of benzene rings is 3. The van der Waals surface area contributed by atoms with E-state index >= 15 is 0 Å². The van der Waals surface area contributed by atoms with Gasteiger partial charge in [0.2, 0.25) is 0 Å². The van der Waals surface area contributed by atoms with Gasteiger partial charge in [-0.05, 0) is 81.7 Å². The summed E-state index contributed by atoms with van der Waals surface area (Å²) >= 11 is 3.42. The molecular formula is C25H18BrFN2O6. The lowest BCUT2D eigenvalue weighted by Crippen LogP contribution is -2.54. The van der Waals surface area contributed by atoms with Gasteiger partial charge in [0.15, 0.2) is 11.5 Å². The van der Waals surface area contributed by atoms with Crippen LogP contribution >= 0.6 is 15.9 Å². The highest BCUT2D eigenvalue weighted by Gasteiger charge is 2.36. The van der Waals surface area contributed by atoms with E-state index < -0.39 is 17.8 Å². The van der Waals surface area contributed by atoms with E-state index in [4.69, 9.17) is 9.47 Å². The SMILES string of the molecule is COc1cc(/C=C2\C(=O)NC(=O)N(c3ccc(O)cc3)C2=O)cc(Br)c1OCc1ccc(F)cc1. The number of barbiturate groups is 1. The van der Waals surface area contributed by atoms with Crippen molar-refractivity contribution in [3.8, 4) is 17.2 Å². The van der Waals surface area contributed by atoms with Crippen LogP contribution in [0.15, 0.2) is 70.7 Å². The van der Waals surface area contributed by atoms with Gasteiger partial charge in [-0.2, -0.15) is 0 Å². The maximum absolute atomic E-state index is 13.1. The lowest BCUT2D eigenvalue weighted by Gasteiger charge is -2.26. The number of phenols is 1. The number of anilines is 1. The lowest BCUT2D eigenvalue weighted by atomic mass is 10.1. The lowest BCUT2D eigenvalue weighted by molar-refractivity contribution is -0.122. The van der Waals surface area contributed by atoms with Crippen molar-refractivity contribution in [3.63, 3.8) is 0 Å². The molecule has 0 atom stereocenters. The Hall–Kier alpha value is -4.18. The highest BCUT2D eigenvalue weighted by atomic mass is 79.9. The van der Waals surface area contributed by atoms with Crippen LogP contribution in [0, 0.1) is 5.82 Å². The smallest absolute Gasteiger partial charge is 0.335 e. The zero-order valence-electron chi connectivity index (χ0n) is 18.2. The van der Waals surface area contributed by atoms with Gasteiger partial charge in [-0.15, -0.1) is 0 Å². The molecule has 3 aromatic rings. The summed E-state index contributed by atoms with van der Waals surface area (Å²) in [7, 11) is 1.44. The van der Waals surface area contributed by atoms with Gasteiger partial charge >= 0.3 is 6.03 Å². The number of carbonyl (C=O) groups excluding carboxylic acids is 3. The molecule has 0 radical (unpaired) electrons. The van der Waals surface area contributed by atoms with Crippen molar-refractivity contribution in [2.45, 2.75) is 6.61 Å². The predicted octanol–water partition coefficient (Wildman–Crippen LogP) is 4.55. The minimum absolute atomic E-state index is 0.0378. The molecule has 4 amide bonds. The number of phenolic OH excluding ortho intramolecular Hbond substituents is 1. The standard InChI is InChI=1S/C25H18BrFN2O6/c1-34-21-12-15(11-20(26)22(21)35-13-14-2-4-16(27)5-3-14)10-19-23(31)28-25(33)29(24(19)32)17-6-8-18(30)9-7-17/h2-12,30H,13H2,1H3,(H,28,31,33)/b19-10+. The maximum atomic E-state index is 13.1. The monoisotopic (exact) mass is 540 g/mol. The van der Waals surface area contributed by atoms with E-state index in [1.807, 2.05) is 0 Å². The Morgan fingerprint density at radius 3 is 2.40 bits per heavy atom. The highest BCUT2D eigenvalue weighted by molar-refractivity contribution is 9.10. The third-order valence-corrected chi connectivity index (χ3v) is 5.66. The number of nitrogens with zero attached hydrogens (tertiary/aromatic N) is 1. The summed E-state index contributed by atoms with van der Waals surface area (Å²) in [6.45, 7) is 0.153. The number of hydrogen-bond acceptors (Lipinski definition) is 6. The van der Waals surface area contributed by atoms with Gasteiger partial charge in [-0.1, -0.05) is 12.1 Å². The second-order valence-corrected chi connectivity index (χ2v) is 8.28. The molecule has 0 aliphatic carbocycles. The topological polar surface area (TPSA) is 105 Å². The molecule has 0 spiro atoms. The van der Waals surface area contributed by atoms with Crippen LogP contribution in [0.5, 0.6) is 17.2 Å². The Morgan fingerprint density at radius 1 is 1.06 bits per heavy atom.